The maximum atomic E-state index is 13.7. The topological polar surface area (TPSA) is 108 Å². The van der Waals surface area contributed by atoms with Gasteiger partial charge in [0.25, 0.3) is 0 Å². The van der Waals surface area contributed by atoms with Crippen LogP contribution < -0.4 is 49.0 Å². The number of methoxy groups -OCH3 is 1. The van der Waals surface area contributed by atoms with E-state index < -0.39 is 36.0 Å². The Morgan fingerprint density at radius 2 is 1.53 bits per heavy atom. The van der Waals surface area contributed by atoms with E-state index in [4.69, 9.17) is 9.47 Å². The number of aromatic nitrogens is 2. The second-order valence-corrected chi connectivity index (χ2v) is 11.3. The van der Waals surface area contributed by atoms with Gasteiger partial charge in [-0.2, -0.15) is 26.3 Å². The van der Waals surface area contributed by atoms with E-state index in [1.165, 1.54) is 36.5 Å². The summed E-state index contributed by atoms with van der Waals surface area (Å²) in [4.78, 5) is 20.5. The number of anilines is 1. The zero-order chi connectivity index (χ0) is 35.2. The molecule has 49 heavy (non-hydrogen) atoms. The molecule has 1 heterocycles. The molecule has 8 nitrogen and oxygen atoms in total. The van der Waals surface area contributed by atoms with Crippen molar-refractivity contribution in [2.24, 2.45) is 0 Å². The molecule has 4 aromatic rings. The van der Waals surface area contributed by atoms with Crippen molar-refractivity contribution in [2.45, 2.75) is 58.0 Å². The molecule has 0 saturated heterocycles. The van der Waals surface area contributed by atoms with Crippen LogP contribution in [0.5, 0.6) is 17.2 Å². The van der Waals surface area contributed by atoms with Crippen LogP contribution in [0.15, 0.2) is 67.0 Å². The molecule has 0 unspecified atom stereocenters. The molecule has 256 valence electrons. The first-order valence-electron chi connectivity index (χ1n) is 14.7. The third kappa shape index (κ3) is 10.7. The van der Waals surface area contributed by atoms with Gasteiger partial charge in [-0.05, 0) is 83.5 Å². The molecular weight excluding hydrogens is 667 g/mol. The number of halogens is 6. The Morgan fingerprint density at radius 1 is 0.898 bits per heavy atom. The molecule has 3 aromatic carbocycles. The number of carboxylic acid groups (broad SMARTS) is 1. The van der Waals surface area contributed by atoms with Gasteiger partial charge in [-0.25, -0.2) is 9.97 Å². The van der Waals surface area contributed by atoms with Crippen LogP contribution in [0.25, 0.3) is 11.1 Å². The molecule has 0 aliphatic rings. The van der Waals surface area contributed by atoms with Crippen LogP contribution in [0.4, 0.5) is 32.3 Å². The van der Waals surface area contributed by atoms with Crippen molar-refractivity contribution in [3.63, 3.8) is 0 Å². The molecule has 0 radical (unpaired) electrons. The first kappa shape index (κ1) is 39.4. The average Bonchev–Trinajstić information content (AvgIpc) is 3.02. The van der Waals surface area contributed by atoms with E-state index in [9.17, 15) is 41.4 Å². The Hall–Kier alpha value is -4.01. The second kappa shape index (κ2) is 16.6. The summed E-state index contributed by atoms with van der Waals surface area (Å²) in [6, 6.07) is 11.5. The predicted octanol–water partition coefficient (Wildman–Crippen LogP) is 4.14. The van der Waals surface area contributed by atoms with Crippen LogP contribution in [-0.4, -0.2) is 34.8 Å². The van der Waals surface area contributed by atoms with Gasteiger partial charge in [-0.1, -0.05) is 26.0 Å². The molecule has 4 rings (SSSR count). The van der Waals surface area contributed by atoms with E-state index >= 15 is 0 Å². The van der Waals surface area contributed by atoms with Gasteiger partial charge in [0.2, 0.25) is 5.95 Å². The molecular formula is C34H32F6N3NaO5. The molecule has 1 N–H and O–H groups in total. The normalized spacial score (nSPS) is 11.6. The van der Waals surface area contributed by atoms with Crippen molar-refractivity contribution in [1.82, 2.24) is 9.97 Å². The van der Waals surface area contributed by atoms with Crippen molar-refractivity contribution in [3.05, 3.63) is 94.8 Å². The molecule has 1 aromatic heterocycles. The van der Waals surface area contributed by atoms with Crippen LogP contribution in [0.2, 0.25) is 0 Å². The molecule has 0 saturated carbocycles. The van der Waals surface area contributed by atoms with Crippen molar-refractivity contribution in [2.75, 3.05) is 18.6 Å². The fraction of sp³-hybridized carbons (Fsp3) is 0.324. The molecule has 0 bridgehead atoms. The number of phenols is 1. The zero-order valence-corrected chi connectivity index (χ0v) is 29.2. The van der Waals surface area contributed by atoms with Crippen LogP contribution >= 0.6 is 0 Å². The number of hydrogen-bond donors (Lipinski definition) is 1. The molecule has 0 atom stereocenters. The number of aromatic hydroxyl groups is 1. The maximum Gasteiger partial charge on any atom is 1.00 e. The Labute approximate surface area is 301 Å². The Balaban J connectivity index is 0.00000650. The standard InChI is InChI=1S/C34H33F6N3O5.Na/c1-20(2)22-6-9-30(47-3)29(14-22)28-8-7-26(44)13-23(28)19-43(32-41-16-27(17-42-32)48-10-4-5-31(45)46)18-21-11-24(33(35,36)37)15-25(12-21)34(38,39)40;/h6-9,11-17,20,44H,4-5,10,18-19H2,1-3H3,(H,45,46);/q;+1/p-1. The van der Waals surface area contributed by atoms with Crippen molar-refractivity contribution in [1.29, 1.82) is 0 Å². The maximum absolute atomic E-state index is 13.7. The first-order valence-corrected chi connectivity index (χ1v) is 14.7. The number of nitrogens with zero attached hydrogens (tertiary/aromatic N) is 3. The third-order valence-corrected chi connectivity index (χ3v) is 7.34. The smallest absolute Gasteiger partial charge is 0.550 e. The molecule has 0 aliphatic carbocycles. The van der Waals surface area contributed by atoms with Gasteiger partial charge in [-0.3, -0.25) is 0 Å². The molecule has 0 fully saturated rings. The number of benzene rings is 3. The fourth-order valence-electron chi connectivity index (χ4n) is 4.96. The molecule has 0 amide bonds. The van der Waals surface area contributed by atoms with Gasteiger partial charge < -0.3 is 29.4 Å². The first-order chi connectivity index (χ1) is 22.5. The minimum Gasteiger partial charge on any atom is -0.550 e. The summed E-state index contributed by atoms with van der Waals surface area (Å²) < 4.78 is 93.3. The Morgan fingerprint density at radius 3 is 2.08 bits per heavy atom. The van der Waals surface area contributed by atoms with Gasteiger partial charge in [-0.15, -0.1) is 0 Å². The number of hydrogen-bond acceptors (Lipinski definition) is 8. The third-order valence-electron chi connectivity index (χ3n) is 7.34. The van der Waals surface area contributed by atoms with E-state index in [2.05, 4.69) is 9.97 Å². The fourth-order valence-corrected chi connectivity index (χ4v) is 4.96. The minimum atomic E-state index is -5.05. The number of carbonyl (C=O) groups is 1. The predicted molar refractivity (Wildman–Crippen MR) is 162 cm³/mol. The Kier molecular flexibility index (Phi) is 13.4. The molecule has 0 spiro atoms. The van der Waals surface area contributed by atoms with Crippen LogP contribution in [-0.2, 0) is 30.2 Å². The number of aliphatic carboxylic acids is 1. The van der Waals surface area contributed by atoms with Crippen molar-refractivity contribution >= 4 is 11.9 Å². The zero-order valence-electron chi connectivity index (χ0n) is 27.2. The largest absolute Gasteiger partial charge is 1.00 e. The number of rotatable bonds is 13. The number of alkyl halides is 6. The summed E-state index contributed by atoms with van der Waals surface area (Å²) in [5.41, 5.74) is -0.594. The monoisotopic (exact) mass is 699 g/mol. The van der Waals surface area contributed by atoms with Crippen LogP contribution in [0.1, 0.15) is 60.4 Å². The van der Waals surface area contributed by atoms with Crippen LogP contribution in [0, 0.1) is 0 Å². The van der Waals surface area contributed by atoms with Gasteiger partial charge >= 0.3 is 41.9 Å². The van der Waals surface area contributed by atoms with Crippen molar-refractivity contribution in [3.8, 4) is 28.4 Å². The van der Waals surface area contributed by atoms with E-state index in [1.54, 1.807) is 12.1 Å². The minimum absolute atomic E-state index is 0. The molecule has 15 heteroatoms. The van der Waals surface area contributed by atoms with E-state index in [0.717, 1.165) is 5.56 Å². The number of carboxylic acids is 1. The summed E-state index contributed by atoms with van der Waals surface area (Å²) in [6.45, 7) is 3.36. The van der Waals surface area contributed by atoms with E-state index in [-0.39, 0.29) is 90.5 Å². The number of phenolic OH excluding ortho intramolecular Hbond substituents is 1. The van der Waals surface area contributed by atoms with Gasteiger partial charge in [0.05, 0.1) is 37.2 Å². The van der Waals surface area contributed by atoms with E-state index in [0.29, 0.717) is 34.6 Å². The summed E-state index contributed by atoms with van der Waals surface area (Å²) in [5, 5.41) is 21.1. The summed E-state index contributed by atoms with van der Waals surface area (Å²) in [6.07, 6.45) is -7.69. The number of carbonyl (C=O) groups excluding carboxylic acids is 1. The SMILES string of the molecule is COc1ccc(C(C)C)cc1-c1ccc(O)cc1CN(Cc1cc(C(F)(F)F)cc(C(F)(F)F)c1)c1ncc(OCCCC(=O)[O-])cn1.[Na+]. The van der Waals surface area contributed by atoms with Gasteiger partial charge in [0.1, 0.15) is 11.5 Å². The summed E-state index contributed by atoms with van der Waals surface area (Å²) in [7, 11) is 1.49. The van der Waals surface area contributed by atoms with Gasteiger partial charge in [0.15, 0.2) is 5.75 Å². The second-order valence-electron chi connectivity index (χ2n) is 11.3. The van der Waals surface area contributed by atoms with Crippen LogP contribution in [0.3, 0.4) is 0 Å². The quantitative estimate of drug-likeness (QED) is 0.126. The Bertz CT molecular complexity index is 1700. The summed E-state index contributed by atoms with van der Waals surface area (Å²) >= 11 is 0. The van der Waals surface area contributed by atoms with Gasteiger partial charge in [0, 0.05) is 24.6 Å². The van der Waals surface area contributed by atoms with Crippen molar-refractivity contribution < 1.29 is 80.4 Å². The average molecular weight is 700 g/mol. The molecule has 0 aliphatic heterocycles. The summed E-state index contributed by atoms with van der Waals surface area (Å²) in [5.74, 6) is -0.646. The van der Waals surface area contributed by atoms with E-state index in [1.807, 2.05) is 26.0 Å². The number of ether oxygens (including phenoxy) is 2.